The molecule has 0 unspecified atom stereocenters. The topological polar surface area (TPSA) is 29.1 Å². The van der Waals surface area contributed by atoms with Crippen molar-refractivity contribution < 1.29 is 4.79 Å². The average Bonchev–Trinajstić information content (AvgIpc) is 2.47. The minimum absolute atomic E-state index is 0.113. The molecule has 0 bridgehead atoms. The Hall–Kier alpha value is -1.05. The number of rotatable bonds is 5. The molecule has 1 saturated carbocycles. The van der Waals surface area contributed by atoms with E-state index >= 15 is 0 Å². The molecule has 20 heavy (non-hydrogen) atoms. The number of carbonyl (C=O) groups excluding carboxylic acids is 1. The van der Waals surface area contributed by atoms with Crippen molar-refractivity contribution in [3.05, 3.63) is 30.3 Å². The van der Waals surface area contributed by atoms with Crippen molar-refractivity contribution in [1.29, 1.82) is 0 Å². The molecule has 2 aliphatic rings. The lowest BCUT2D eigenvalue weighted by atomic mass is 9.69. The molecule has 2 rings (SSSR count). The van der Waals surface area contributed by atoms with E-state index in [1.54, 1.807) is 0 Å². The molecule has 2 nitrogen and oxygen atoms in total. The van der Waals surface area contributed by atoms with E-state index in [1.165, 1.54) is 19.3 Å². The van der Waals surface area contributed by atoms with Gasteiger partial charge >= 0.3 is 0 Å². The molecule has 1 fully saturated rings. The van der Waals surface area contributed by atoms with Crippen LogP contribution in [0.4, 0.5) is 0 Å². The smallest absolute Gasteiger partial charge is 0.230 e. The third kappa shape index (κ3) is 3.97. The first-order valence-electron chi connectivity index (χ1n) is 8.14. The van der Waals surface area contributed by atoms with Crippen LogP contribution in [0.3, 0.4) is 0 Å². The van der Waals surface area contributed by atoms with Crippen molar-refractivity contribution in [3.63, 3.8) is 0 Å². The van der Waals surface area contributed by atoms with Crippen molar-refractivity contribution in [1.82, 2.24) is 5.32 Å². The van der Waals surface area contributed by atoms with Crippen LogP contribution in [-0.4, -0.2) is 5.91 Å². The predicted molar refractivity (Wildman–Crippen MR) is 83.9 cm³/mol. The lowest BCUT2D eigenvalue weighted by Gasteiger charge is -2.37. The summed E-state index contributed by atoms with van der Waals surface area (Å²) < 4.78 is 0. The van der Waals surface area contributed by atoms with Gasteiger partial charge in [-0.25, -0.2) is 0 Å². The van der Waals surface area contributed by atoms with Crippen LogP contribution in [0.15, 0.2) is 23.9 Å². The number of carbonyl (C=O) groups is 1. The van der Waals surface area contributed by atoms with E-state index in [1.807, 2.05) is 12.2 Å². The molecule has 0 atom stereocenters. The molecule has 0 aliphatic heterocycles. The van der Waals surface area contributed by atoms with Crippen molar-refractivity contribution in [2.45, 2.75) is 65.2 Å². The fourth-order valence-corrected chi connectivity index (χ4v) is 3.25. The second-order valence-corrected chi connectivity index (χ2v) is 6.72. The predicted octanol–water partition coefficient (Wildman–Crippen LogP) is 4.54. The molecular weight excluding hydrogens is 246 g/mol. The van der Waals surface area contributed by atoms with E-state index in [0.717, 1.165) is 37.8 Å². The van der Waals surface area contributed by atoms with E-state index in [9.17, 15) is 4.79 Å². The first-order valence-corrected chi connectivity index (χ1v) is 8.14. The van der Waals surface area contributed by atoms with Crippen molar-refractivity contribution in [2.75, 3.05) is 0 Å². The number of hydrogen-bond donors (Lipinski definition) is 1. The van der Waals surface area contributed by atoms with Gasteiger partial charge in [-0.3, -0.25) is 4.79 Å². The summed E-state index contributed by atoms with van der Waals surface area (Å²) in [7, 11) is 0. The Labute approximate surface area is 123 Å². The summed E-state index contributed by atoms with van der Waals surface area (Å²) in [6, 6.07) is 0. The molecule has 0 saturated heterocycles. The molecule has 1 amide bonds. The highest BCUT2D eigenvalue weighted by Gasteiger charge is 2.39. The zero-order valence-electron chi connectivity index (χ0n) is 13.0. The molecular formula is C18H28NO. The largest absolute Gasteiger partial charge is 0.329 e. The molecule has 1 radical (unpaired) electrons. The number of nitrogens with one attached hydrogen (secondary N) is 1. The molecule has 0 aromatic rings. The Bertz CT molecular complexity index is 386. The SMILES string of the molecule is CC(C)CCC1(C(=O)NC2=CC=CC[CH]2)CCCCC1. The van der Waals surface area contributed by atoms with Gasteiger partial charge in [0.2, 0.25) is 5.91 Å². The first kappa shape index (κ1) is 15.3. The minimum Gasteiger partial charge on any atom is -0.329 e. The summed E-state index contributed by atoms with van der Waals surface area (Å²) in [5.74, 6) is 0.931. The zero-order chi connectivity index (χ0) is 14.4. The highest BCUT2D eigenvalue weighted by Crippen LogP contribution is 2.41. The molecule has 0 aromatic heterocycles. The van der Waals surface area contributed by atoms with Gasteiger partial charge in [0.1, 0.15) is 0 Å². The molecule has 2 aliphatic carbocycles. The number of amides is 1. The Morgan fingerprint density at radius 1 is 1.30 bits per heavy atom. The summed E-state index contributed by atoms with van der Waals surface area (Å²) in [6.07, 6.45) is 17.2. The second-order valence-electron chi connectivity index (χ2n) is 6.72. The van der Waals surface area contributed by atoms with E-state index in [4.69, 9.17) is 0 Å². The fraction of sp³-hybridized carbons (Fsp3) is 0.667. The second kappa shape index (κ2) is 7.10. The summed E-state index contributed by atoms with van der Waals surface area (Å²) in [5, 5.41) is 3.17. The maximum Gasteiger partial charge on any atom is 0.230 e. The van der Waals surface area contributed by atoms with Gasteiger partial charge in [0, 0.05) is 17.5 Å². The summed E-state index contributed by atoms with van der Waals surface area (Å²) >= 11 is 0. The fourth-order valence-electron chi connectivity index (χ4n) is 3.25. The van der Waals surface area contributed by atoms with Gasteiger partial charge in [-0.15, -0.1) is 0 Å². The van der Waals surface area contributed by atoms with Crippen LogP contribution in [0, 0.1) is 17.8 Å². The van der Waals surface area contributed by atoms with E-state index in [0.29, 0.717) is 5.92 Å². The molecule has 111 valence electrons. The molecule has 2 heteroatoms. The Balaban J connectivity index is 2.02. The first-order chi connectivity index (χ1) is 9.62. The zero-order valence-corrected chi connectivity index (χ0v) is 13.0. The Morgan fingerprint density at radius 3 is 2.65 bits per heavy atom. The monoisotopic (exact) mass is 274 g/mol. The van der Waals surface area contributed by atoms with Crippen molar-refractivity contribution in [2.24, 2.45) is 11.3 Å². The summed E-state index contributed by atoms with van der Waals surface area (Å²) in [6.45, 7) is 4.49. The van der Waals surface area contributed by atoms with Crippen LogP contribution >= 0.6 is 0 Å². The Morgan fingerprint density at radius 2 is 2.05 bits per heavy atom. The molecule has 0 aromatic carbocycles. The maximum atomic E-state index is 12.8. The van der Waals surface area contributed by atoms with Crippen LogP contribution in [0.5, 0.6) is 0 Å². The standard InChI is InChI=1S/C18H28NO/c1-15(2)11-14-18(12-7-4-8-13-18)17(20)19-16-9-5-3-6-10-16/h3,5,9-10,15H,4,6-8,11-14H2,1-2H3,(H,19,20). The van der Waals surface area contributed by atoms with Gasteiger partial charge < -0.3 is 5.32 Å². The van der Waals surface area contributed by atoms with Crippen molar-refractivity contribution >= 4 is 5.91 Å². The van der Waals surface area contributed by atoms with Gasteiger partial charge in [-0.1, -0.05) is 45.3 Å². The minimum atomic E-state index is -0.113. The summed E-state index contributed by atoms with van der Waals surface area (Å²) in [5.41, 5.74) is 0.866. The van der Waals surface area contributed by atoms with Gasteiger partial charge in [-0.2, -0.15) is 0 Å². The normalized spacial score (nSPS) is 21.6. The van der Waals surface area contributed by atoms with Crippen molar-refractivity contribution in [3.8, 4) is 0 Å². The summed E-state index contributed by atoms with van der Waals surface area (Å²) in [4.78, 5) is 12.8. The van der Waals surface area contributed by atoms with Crippen LogP contribution in [-0.2, 0) is 4.79 Å². The van der Waals surface area contributed by atoms with Gasteiger partial charge in [0.15, 0.2) is 0 Å². The maximum absolute atomic E-state index is 12.8. The van der Waals surface area contributed by atoms with Crippen LogP contribution in [0.2, 0.25) is 0 Å². The van der Waals surface area contributed by atoms with Gasteiger partial charge in [0.05, 0.1) is 0 Å². The number of hydrogen-bond acceptors (Lipinski definition) is 1. The molecule has 0 spiro atoms. The van der Waals surface area contributed by atoms with E-state index < -0.39 is 0 Å². The highest BCUT2D eigenvalue weighted by molar-refractivity contribution is 5.84. The van der Waals surface area contributed by atoms with Gasteiger partial charge in [-0.05, 0) is 44.1 Å². The highest BCUT2D eigenvalue weighted by atomic mass is 16.2. The quantitative estimate of drug-likeness (QED) is 0.783. The van der Waals surface area contributed by atoms with Crippen LogP contribution in [0.1, 0.15) is 65.2 Å². The van der Waals surface area contributed by atoms with E-state index in [2.05, 4.69) is 31.7 Å². The molecule has 1 N–H and O–H groups in total. The van der Waals surface area contributed by atoms with Crippen LogP contribution < -0.4 is 5.32 Å². The third-order valence-corrected chi connectivity index (χ3v) is 4.64. The Kier molecular flexibility index (Phi) is 5.45. The third-order valence-electron chi connectivity index (χ3n) is 4.64. The lowest BCUT2D eigenvalue weighted by Crippen LogP contribution is -2.42. The number of allylic oxidation sites excluding steroid dienone is 4. The lowest BCUT2D eigenvalue weighted by molar-refractivity contribution is -0.132. The van der Waals surface area contributed by atoms with Crippen LogP contribution in [0.25, 0.3) is 0 Å². The molecule has 0 heterocycles. The van der Waals surface area contributed by atoms with E-state index in [-0.39, 0.29) is 11.3 Å². The average molecular weight is 274 g/mol. The van der Waals surface area contributed by atoms with Gasteiger partial charge in [0.25, 0.3) is 0 Å².